The van der Waals surface area contributed by atoms with Gasteiger partial charge in [0.05, 0.1) is 11.9 Å². The van der Waals surface area contributed by atoms with Crippen LogP contribution in [0.4, 0.5) is 41.8 Å². The molecule has 0 bridgehead atoms. The van der Waals surface area contributed by atoms with E-state index in [4.69, 9.17) is 14.2 Å². The van der Waals surface area contributed by atoms with Crippen LogP contribution in [0.5, 0.6) is 0 Å². The van der Waals surface area contributed by atoms with Crippen molar-refractivity contribution in [3.8, 4) is 11.3 Å². The molecule has 0 unspecified atom stereocenters. The minimum atomic E-state index is -0.914. The Kier molecular flexibility index (Phi) is 12.2. The molecule has 0 aliphatic heterocycles. The molecule has 0 saturated carbocycles. The summed E-state index contributed by atoms with van der Waals surface area (Å²) in [6.07, 6.45) is 2.00. The molecule has 0 N–H and O–H groups in total. The molecule has 0 radical (unpaired) electrons. The molecule has 2 aromatic carbocycles. The van der Waals surface area contributed by atoms with Crippen LogP contribution in [0.3, 0.4) is 0 Å². The van der Waals surface area contributed by atoms with Gasteiger partial charge in [-0.1, -0.05) is 24.3 Å². The van der Waals surface area contributed by atoms with Gasteiger partial charge < -0.3 is 14.2 Å². The van der Waals surface area contributed by atoms with Crippen molar-refractivity contribution in [2.24, 2.45) is 0 Å². The molecule has 0 aliphatic carbocycles. The Hall–Kier alpha value is -5.26. The fourth-order valence-corrected chi connectivity index (χ4v) is 4.56. The van der Waals surface area contributed by atoms with E-state index in [1.54, 1.807) is 124 Å². The fourth-order valence-electron chi connectivity index (χ4n) is 4.56. The van der Waals surface area contributed by atoms with Gasteiger partial charge in [0, 0.05) is 30.0 Å². The first-order valence-electron chi connectivity index (χ1n) is 16.1. The third kappa shape index (κ3) is 10.6. The van der Waals surface area contributed by atoms with Gasteiger partial charge in [-0.3, -0.25) is 9.80 Å². The van der Waals surface area contributed by atoms with E-state index < -0.39 is 40.9 Å². The first-order valence-corrected chi connectivity index (χ1v) is 16.1. The molecule has 0 aliphatic rings. The SMILES string of the molecule is C=CCN(C(=O)OC(C)(C)C)c1cccc(N(C(=O)OC(C)(C)C)c2ncc(F)c(-c3cc(N(CC=C)C(=O)OC(C)(C)C)ccc3C)n2)c1. The Labute approximate surface area is 294 Å². The van der Waals surface area contributed by atoms with Gasteiger partial charge in [0.15, 0.2) is 5.82 Å². The van der Waals surface area contributed by atoms with Crippen molar-refractivity contribution in [2.45, 2.75) is 86.0 Å². The summed E-state index contributed by atoms with van der Waals surface area (Å²) in [6, 6.07) is 11.6. The Morgan fingerprint density at radius 1 is 0.740 bits per heavy atom. The molecule has 12 heteroatoms. The molecule has 0 saturated heterocycles. The second-order valence-corrected chi connectivity index (χ2v) is 14.5. The van der Waals surface area contributed by atoms with Gasteiger partial charge in [-0.15, -0.1) is 13.2 Å². The molecule has 1 aromatic heterocycles. The van der Waals surface area contributed by atoms with E-state index in [0.29, 0.717) is 22.5 Å². The van der Waals surface area contributed by atoms with E-state index in [1.807, 2.05) is 0 Å². The molecule has 1 heterocycles. The fraction of sp³-hybridized carbons (Fsp3) is 0.395. The quantitative estimate of drug-likeness (QED) is 0.161. The van der Waals surface area contributed by atoms with Crippen LogP contribution in [0.1, 0.15) is 67.9 Å². The van der Waals surface area contributed by atoms with Crippen LogP contribution in [0.2, 0.25) is 0 Å². The predicted molar refractivity (Wildman–Crippen MR) is 195 cm³/mol. The van der Waals surface area contributed by atoms with Gasteiger partial charge in [0.1, 0.15) is 22.5 Å². The molecule has 3 amide bonds. The molecule has 0 fully saturated rings. The zero-order valence-electron chi connectivity index (χ0n) is 30.7. The highest BCUT2D eigenvalue weighted by atomic mass is 19.1. The second-order valence-electron chi connectivity index (χ2n) is 14.5. The topological polar surface area (TPSA) is 114 Å². The number of hydrogen-bond acceptors (Lipinski definition) is 8. The number of benzene rings is 2. The summed E-state index contributed by atoms with van der Waals surface area (Å²) < 4.78 is 32.6. The lowest BCUT2D eigenvalue weighted by Gasteiger charge is -2.29. The van der Waals surface area contributed by atoms with Crippen LogP contribution >= 0.6 is 0 Å². The zero-order valence-corrected chi connectivity index (χ0v) is 30.7. The van der Waals surface area contributed by atoms with Gasteiger partial charge in [-0.25, -0.2) is 33.6 Å². The molecule has 3 rings (SSSR count). The molecule has 50 heavy (non-hydrogen) atoms. The minimum absolute atomic E-state index is 0.115. The van der Waals surface area contributed by atoms with E-state index in [1.165, 1.54) is 9.80 Å². The maximum atomic E-state index is 15.7. The standard InChI is InChI=1S/C38H48FN5O6/c1-13-20-42(33(45)48-36(4,5)6)26-16-15-17-28(22-26)44(35(47)50-38(10,11)12)32-40-24-30(39)31(41-32)29-23-27(19-18-25(29)3)43(21-14-2)34(46)49-37(7,8)9/h13-19,22-24H,1-2,20-21H2,3-12H3. The van der Waals surface area contributed by atoms with Crippen LogP contribution < -0.4 is 14.7 Å². The Morgan fingerprint density at radius 2 is 1.22 bits per heavy atom. The monoisotopic (exact) mass is 689 g/mol. The molecule has 11 nitrogen and oxygen atoms in total. The van der Waals surface area contributed by atoms with Crippen molar-refractivity contribution in [1.82, 2.24) is 9.97 Å². The van der Waals surface area contributed by atoms with Crippen LogP contribution in [-0.2, 0) is 14.2 Å². The first-order chi connectivity index (χ1) is 23.1. The van der Waals surface area contributed by atoms with Crippen LogP contribution in [0.15, 0.2) is 74.0 Å². The molecule has 0 spiro atoms. The molecule has 268 valence electrons. The lowest BCUT2D eigenvalue weighted by molar-refractivity contribution is 0.0573. The summed E-state index contributed by atoms with van der Waals surface area (Å²) in [5.41, 5.74) is -0.521. The lowest BCUT2D eigenvalue weighted by Crippen LogP contribution is -2.37. The third-order valence-electron chi connectivity index (χ3n) is 6.55. The number of halogens is 1. The van der Waals surface area contributed by atoms with Crippen molar-refractivity contribution >= 4 is 41.3 Å². The maximum Gasteiger partial charge on any atom is 0.421 e. The molecule has 3 aromatic rings. The van der Waals surface area contributed by atoms with Crippen molar-refractivity contribution in [2.75, 3.05) is 27.8 Å². The summed E-state index contributed by atoms with van der Waals surface area (Å²) in [7, 11) is 0. The average molecular weight is 690 g/mol. The second kappa shape index (κ2) is 15.5. The number of aromatic nitrogens is 2. The summed E-state index contributed by atoms with van der Waals surface area (Å²) in [6.45, 7) is 25.2. The highest BCUT2D eigenvalue weighted by Crippen LogP contribution is 2.34. The highest BCUT2D eigenvalue weighted by molar-refractivity contribution is 5.96. The van der Waals surface area contributed by atoms with Crippen molar-refractivity contribution in [1.29, 1.82) is 0 Å². The summed E-state index contributed by atoms with van der Waals surface area (Å²) in [5, 5.41) is 0. The minimum Gasteiger partial charge on any atom is -0.443 e. The number of anilines is 4. The maximum absolute atomic E-state index is 15.7. The number of amides is 3. The number of carbonyl (C=O) groups excluding carboxylic acids is 3. The molecular formula is C38H48FN5O6. The largest absolute Gasteiger partial charge is 0.443 e. The highest BCUT2D eigenvalue weighted by Gasteiger charge is 2.30. The van der Waals surface area contributed by atoms with Crippen molar-refractivity contribution < 1.29 is 33.0 Å². The van der Waals surface area contributed by atoms with Crippen LogP contribution in [-0.4, -0.2) is 58.1 Å². The Bertz CT molecular complexity index is 1740. The normalized spacial score (nSPS) is 11.7. The Balaban J connectivity index is 2.21. The Morgan fingerprint density at radius 3 is 1.72 bits per heavy atom. The summed E-state index contributed by atoms with van der Waals surface area (Å²) in [5.74, 6) is -0.957. The lowest BCUT2D eigenvalue weighted by atomic mass is 10.0. The van der Waals surface area contributed by atoms with Gasteiger partial charge in [-0.2, -0.15) is 0 Å². The van der Waals surface area contributed by atoms with E-state index in [-0.39, 0.29) is 30.4 Å². The number of hydrogen-bond donors (Lipinski definition) is 0. The van der Waals surface area contributed by atoms with Gasteiger partial charge >= 0.3 is 18.3 Å². The van der Waals surface area contributed by atoms with E-state index in [0.717, 1.165) is 11.1 Å². The van der Waals surface area contributed by atoms with Crippen LogP contribution in [0.25, 0.3) is 11.3 Å². The average Bonchev–Trinajstić information content (AvgIpc) is 2.97. The van der Waals surface area contributed by atoms with Gasteiger partial charge in [0.25, 0.3) is 0 Å². The smallest absolute Gasteiger partial charge is 0.421 e. The molecular weight excluding hydrogens is 641 g/mol. The number of rotatable bonds is 9. The van der Waals surface area contributed by atoms with Gasteiger partial charge in [0.2, 0.25) is 5.95 Å². The predicted octanol–water partition coefficient (Wildman–Crippen LogP) is 9.52. The van der Waals surface area contributed by atoms with Crippen LogP contribution in [0, 0.1) is 12.7 Å². The number of aryl methyl sites for hydroxylation is 1. The number of ether oxygens (including phenoxy) is 3. The van der Waals surface area contributed by atoms with Crippen molar-refractivity contribution in [3.05, 3.63) is 85.4 Å². The summed E-state index contributed by atoms with van der Waals surface area (Å²) in [4.78, 5) is 52.7. The number of nitrogens with zero attached hydrogens (tertiary/aromatic N) is 5. The first kappa shape index (κ1) is 39.2. The van der Waals surface area contributed by atoms with E-state index in [2.05, 4.69) is 23.1 Å². The third-order valence-corrected chi connectivity index (χ3v) is 6.55. The zero-order chi connectivity index (χ0) is 37.6. The van der Waals surface area contributed by atoms with E-state index in [9.17, 15) is 14.4 Å². The number of carbonyl (C=O) groups is 3. The van der Waals surface area contributed by atoms with Gasteiger partial charge in [-0.05, 0) is 105 Å². The summed E-state index contributed by atoms with van der Waals surface area (Å²) >= 11 is 0. The van der Waals surface area contributed by atoms with E-state index >= 15 is 4.39 Å². The molecule has 0 atom stereocenters. The van der Waals surface area contributed by atoms with Crippen molar-refractivity contribution in [3.63, 3.8) is 0 Å².